The number of carbonyl (C=O) groups excluding carboxylic acids is 1. The summed E-state index contributed by atoms with van der Waals surface area (Å²) in [5, 5.41) is 6.69. The van der Waals surface area contributed by atoms with E-state index in [4.69, 9.17) is 14.3 Å². The van der Waals surface area contributed by atoms with E-state index in [1.165, 1.54) is 23.4 Å². The first-order valence-corrected chi connectivity index (χ1v) is 9.44. The predicted molar refractivity (Wildman–Crippen MR) is 97.0 cm³/mol. The molecule has 0 unspecified atom stereocenters. The maximum Gasteiger partial charge on any atom is 0.264 e. The highest BCUT2D eigenvalue weighted by atomic mass is 32.1. The Labute approximate surface area is 155 Å². The summed E-state index contributed by atoms with van der Waals surface area (Å²) >= 11 is 1.47. The van der Waals surface area contributed by atoms with E-state index in [1.54, 1.807) is 13.4 Å². The molecule has 0 bridgehead atoms. The molecule has 4 rings (SSSR count). The molecule has 1 aliphatic heterocycles. The van der Waals surface area contributed by atoms with E-state index in [2.05, 4.69) is 4.98 Å². The first-order valence-electron chi connectivity index (χ1n) is 8.56. The van der Waals surface area contributed by atoms with Gasteiger partial charge < -0.3 is 14.1 Å². The van der Waals surface area contributed by atoms with E-state index in [0.717, 1.165) is 35.5 Å². The van der Waals surface area contributed by atoms with Crippen molar-refractivity contribution in [1.29, 1.82) is 0 Å². The molecule has 0 atom stereocenters. The topological polar surface area (TPSA) is 73.4 Å². The Bertz CT molecular complexity index is 871. The van der Waals surface area contributed by atoms with Crippen LogP contribution in [-0.4, -0.2) is 45.8 Å². The van der Waals surface area contributed by atoms with Crippen molar-refractivity contribution < 1.29 is 13.9 Å². The van der Waals surface area contributed by atoms with Crippen LogP contribution in [0.25, 0.3) is 11.4 Å². The molecule has 3 aromatic rings. The number of ether oxygens (including phenoxy) is 1. The molecule has 0 radical (unpaired) electrons. The van der Waals surface area contributed by atoms with Crippen LogP contribution in [0.1, 0.15) is 27.3 Å². The highest BCUT2D eigenvalue weighted by Gasteiger charge is 2.29. The number of aromatic nitrogens is 3. The minimum Gasteiger partial charge on any atom is -0.451 e. The Hall–Kier alpha value is -2.45. The molecule has 26 heavy (non-hydrogen) atoms. The summed E-state index contributed by atoms with van der Waals surface area (Å²) in [5.74, 6) is 0.0730. The number of fused-ring (bicyclic) bond motifs is 1. The van der Waals surface area contributed by atoms with Gasteiger partial charge in [-0.3, -0.25) is 9.48 Å². The molecule has 4 heterocycles. The van der Waals surface area contributed by atoms with Crippen molar-refractivity contribution >= 4 is 17.2 Å². The molecule has 136 valence electrons. The Morgan fingerprint density at radius 1 is 1.46 bits per heavy atom. The van der Waals surface area contributed by atoms with Gasteiger partial charge in [-0.25, -0.2) is 4.98 Å². The molecule has 1 amide bonds. The van der Waals surface area contributed by atoms with E-state index in [0.29, 0.717) is 25.4 Å². The standard InChI is InChI=1S/C18H20N4O3S/c1-24-8-3-6-22-15-5-7-21(18(23)16-4-2-9-26-16)10-13(15)17(20-22)14-11-25-12-19-14/h2,4,9,11-12H,3,5-8,10H2,1H3. The zero-order valence-corrected chi connectivity index (χ0v) is 15.4. The number of hydrogen-bond acceptors (Lipinski definition) is 6. The van der Waals surface area contributed by atoms with E-state index < -0.39 is 0 Å². The summed E-state index contributed by atoms with van der Waals surface area (Å²) < 4.78 is 12.3. The van der Waals surface area contributed by atoms with Crippen LogP contribution in [0.2, 0.25) is 0 Å². The van der Waals surface area contributed by atoms with Crippen LogP contribution in [0.3, 0.4) is 0 Å². The number of thiophene rings is 1. The molecule has 0 aromatic carbocycles. The van der Waals surface area contributed by atoms with Crippen molar-refractivity contribution in [2.24, 2.45) is 0 Å². The van der Waals surface area contributed by atoms with Crippen LogP contribution in [0.5, 0.6) is 0 Å². The van der Waals surface area contributed by atoms with E-state index in [-0.39, 0.29) is 5.91 Å². The number of methoxy groups -OCH3 is 1. The number of amides is 1. The Morgan fingerprint density at radius 3 is 3.12 bits per heavy atom. The molecule has 0 saturated carbocycles. The average Bonchev–Trinajstić information content (AvgIpc) is 3.41. The first-order chi connectivity index (χ1) is 12.8. The van der Waals surface area contributed by atoms with E-state index >= 15 is 0 Å². The van der Waals surface area contributed by atoms with Crippen molar-refractivity contribution in [2.75, 3.05) is 20.3 Å². The number of oxazole rings is 1. The van der Waals surface area contributed by atoms with Crippen LogP contribution < -0.4 is 0 Å². The summed E-state index contributed by atoms with van der Waals surface area (Å²) in [4.78, 5) is 19.7. The number of aryl methyl sites for hydroxylation is 1. The fourth-order valence-corrected chi connectivity index (χ4v) is 3.99. The lowest BCUT2D eigenvalue weighted by Crippen LogP contribution is -2.36. The normalized spacial score (nSPS) is 13.8. The van der Waals surface area contributed by atoms with Crippen molar-refractivity contribution in [2.45, 2.75) is 25.9 Å². The number of carbonyl (C=O) groups is 1. The summed E-state index contributed by atoms with van der Waals surface area (Å²) in [5.41, 5.74) is 3.74. The van der Waals surface area contributed by atoms with Gasteiger partial charge in [0.1, 0.15) is 17.7 Å². The lowest BCUT2D eigenvalue weighted by atomic mass is 10.0. The lowest BCUT2D eigenvalue weighted by molar-refractivity contribution is 0.0738. The highest BCUT2D eigenvalue weighted by molar-refractivity contribution is 7.12. The van der Waals surface area contributed by atoms with Crippen LogP contribution in [0.4, 0.5) is 0 Å². The van der Waals surface area contributed by atoms with Crippen LogP contribution in [0.15, 0.2) is 34.6 Å². The third kappa shape index (κ3) is 3.17. The number of nitrogens with zero attached hydrogens (tertiary/aromatic N) is 4. The maximum absolute atomic E-state index is 12.7. The average molecular weight is 372 g/mol. The molecule has 3 aromatic heterocycles. The molecule has 0 N–H and O–H groups in total. The Balaban J connectivity index is 1.64. The SMILES string of the molecule is COCCCn1nc(-c2cocn2)c2c1CCN(C(=O)c1cccs1)C2. The molecule has 7 nitrogen and oxygen atoms in total. The van der Waals surface area contributed by atoms with Gasteiger partial charge in [0.05, 0.1) is 11.4 Å². The van der Waals surface area contributed by atoms with Crippen LogP contribution in [-0.2, 0) is 24.2 Å². The molecule has 0 fully saturated rings. The smallest absolute Gasteiger partial charge is 0.264 e. The fourth-order valence-electron chi connectivity index (χ4n) is 3.30. The van der Waals surface area contributed by atoms with Crippen molar-refractivity contribution in [3.05, 3.63) is 46.3 Å². The molecular formula is C18H20N4O3S. The second kappa shape index (κ2) is 7.43. The zero-order valence-electron chi connectivity index (χ0n) is 14.6. The summed E-state index contributed by atoms with van der Waals surface area (Å²) in [6, 6.07) is 3.77. The fraction of sp³-hybridized carbons (Fsp3) is 0.389. The van der Waals surface area contributed by atoms with Gasteiger partial charge in [-0.15, -0.1) is 11.3 Å². The summed E-state index contributed by atoms with van der Waals surface area (Å²) in [6.45, 7) is 2.71. The van der Waals surface area contributed by atoms with Crippen molar-refractivity contribution in [3.63, 3.8) is 0 Å². The van der Waals surface area contributed by atoms with Crippen molar-refractivity contribution in [3.8, 4) is 11.4 Å². The highest BCUT2D eigenvalue weighted by Crippen LogP contribution is 2.30. The van der Waals surface area contributed by atoms with Gasteiger partial charge in [-0.2, -0.15) is 5.10 Å². The zero-order chi connectivity index (χ0) is 17.9. The van der Waals surface area contributed by atoms with Gasteiger partial charge >= 0.3 is 0 Å². The van der Waals surface area contributed by atoms with Crippen LogP contribution in [0, 0.1) is 0 Å². The molecular weight excluding hydrogens is 352 g/mol. The second-order valence-electron chi connectivity index (χ2n) is 6.17. The number of hydrogen-bond donors (Lipinski definition) is 0. The first kappa shape index (κ1) is 17.0. The van der Waals surface area contributed by atoms with Gasteiger partial charge in [0.2, 0.25) is 0 Å². The monoisotopic (exact) mass is 372 g/mol. The largest absolute Gasteiger partial charge is 0.451 e. The third-order valence-corrected chi connectivity index (χ3v) is 5.40. The Morgan fingerprint density at radius 2 is 2.38 bits per heavy atom. The molecule has 0 saturated heterocycles. The number of rotatable bonds is 6. The van der Waals surface area contributed by atoms with Gasteiger partial charge in [0.15, 0.2) is 6.39 Å². The predicted octanol–water partition coefficient (Wildman–Crippen LogP) is 2.83. The third-order valence-electron chi connectivity index (χ3n) is 4.55. The summed E-state index contributed by atoms with van der Waals surface area (Å²) in [7, 11) is 1.70. The van der Waals surface area contributed by atoms with E-state index in [9.17, 15) is 4.79 Å². The lowest BCUT2D eigenvalue weighted by Gasteiger charge is -2.27. The van der Waals surface area contributed by atoms with Gasteiger partial charge in [-0.1, -0.05) is 6.07 Å². The minimum absolute atomic E-state index is 0.0730. The van der Waals surface area contributed by atoms with E-state index in [1.807, 2.05) is 27.1 Å². The van der Waals surface area contributed by atoms with Crippen molar-refractivity contribution in [1.82, 2.24) is 19.7 Å². The summed E-state index contributed by atoms with van der Waals surface area (Å²) in [6.07, 6.45) is 4.68. The second-order valence-corrected chi connectivity index (χ2v) is 7.12. The molecule has 1 aliphatic rings. The van der Waals surface area contributed by atoms with Gasteiger partial charge in [0, 0.05) is 44.5 Å². The van der Waals surface area contributed by atoms with Crippen LogP contribution >= 0.6 is 11.3 Å². The quantitative estimate of drug-likeness (QED) is 0.622. The Kier molecular flexibility index (Phi) is 4.85. The molecule has 8 heteroatoms. The molecule has 0 aliphatic carbocycles. The maximum atomic E-state index is 12.7. The minimum atomic E-state index is 0.0730. The van der Waals surface area contributed by atoms with Gasteiger partial charge in [0.25, 0.3) is 5.91 Å². The van der Waals surface area contributed by atoms with Gasteiger partial charge in [-0.05, 0) is 17.9 Å². The molecule has 0 spiro atoms.